The highest BCUT2D eigenvalue weighted by Gasteiger charge is 2.21. The van der Waals surface area contributed by atoms with Crippen LogP contribution in [0.5, 0.6) is 0 Å². The fraction of sp³-hybridized carbons (Fsp3) is 0.733. The molecule has 1 aromatic rings. The third-order valence-electron chi connectivity index (χ3n) is 3.64. The summed E-state index contributed by atoms with van der Waals surface area (Å²) in [6.45, 7) is 2.42. The molecule has 10 nitrogen and oxygen atoms in total. The van der Waals surface area contributed by atoms with Gasteiger partial charge in [0.25, 0.3) is 0 Å². The van der Waals surface area contributed by atoms with Gasteiger partial charge in [0, 0.05) is 19.4 Å². The Morgan fingerprint density at radius 3 is 2.56 bits per heavy atom. The van der Waals surface area contributed by atoms with Gasteiger partial charge in [-0.15, -0.1) is 10.2 Å². The second kappa shape index (κ2) is 11.9. The summed E-state index contributed by atoms with van der Waals surface area (Å²) in [5.41, 5.74) is 5.27. The van der Waals surface area contributed by atoms with Crippen LogP contribution in [0.3, 0.4) is 0 Å². The maximum Gasteiger partial charge on any atom is 0.240 e. The number of H-pyrrole nitrogens is 1. The monoisotopic (exact) mass is 353 g/mol. The maximum absolute atomic E-state index is 11.9. The molecule has 0 saturated heterocycles. The Morgan fingerprint density at radius 2 is 1.92 bits per heavy atom. The van der Waals surface area contributed by atoms with Crippen molar-refractivity contribution >= 4 is 17.7 Å². The molecule has 0 aliphatic rings. The van der Waals surface area contributed by atoms with Crippen molar-refractivity contribution in [1.82, 2.24) is 31.3 Å². The topological polar surface area (TPSA) is 156 Å². The first-order chi connectivity index (χ1) is 12.0. The van der Waals surface area contributed by atoms with Crippen LogP contribution in [-0.2, 0) is 20.8 Å². The van der Waals surface area contributed by atoms with Gasteiger partial charge in [0.15, 0.2) is 5.82 Å². The van der Waals surface area contributed by atoms with Gasteiger partial charge in [-0.05, 0) is 6.42 Å². The van der Waals surface area contributed by atoms with Gasteiger partial charge in [0.1, 0.15) is 6.04 Å². The number of carbonyl (C=O) groups excluding carboxylic acids is 3. The van der Waals surface area contributed by atoms with Crippen molar-refractivity contribution in [2.24, 2.45) is 5.73 Å². The normalized spacial score (nSPS) is 11.7. The van der Waals surface area contributed by atoms with E-state index >= 15 is 0 Å². The van der Waals surface area contributed by atoms with Gasteiger partial charge < -0.3 is 16.4 Å². The molecule has 25 heavy (non-hydrogen) atoms. The van der Waals surface area contributed by atoms with Crippen molar-refractivity contribution in [2.45, 2.75) is 64.3 Å². The zero-order chi connectivity index (χ0) is 18.5. The minimum absolute atomic E-state index is 0.191. The number of hydrogen-bond acceptors (Lipinski definition) is 6. The minimum Gasteiger partial charge on any atom is -0.368 e. The van der Waals surface area contributed by atoms with Crippen LogP contribution in [0, 0.1) is 0 Å². The van der Waals surface area contributed by atoms with Gasteiger partial charge in [-0.1, -0.05) is 37.8 Å². The van der Waals surface area contributed by atoms with Crippen molar-refractivity contribution < 1.29 is 14.4 Å². The fourth-order valence-electron chi connectivity index (χ4n) is 2.24. The first-order valence-corrected chi connectivity index (χ1v) is 8.60. The van der Waals surface area contributed by atoms with E-state index < -0.39 is 11.9 Å². The van der Waals surface area contributed by atoms with Crippen molar-refractivity contribution in [3.63, 3.8) is 0 Å². The summed E-state index contributed by atoms with van der Waals surface area (Å²) < 4.78 is 0. The average Bonchev–Trinajstić information content (AvgIpc) is 3.07. The number of hydrogen-bond donors (Lipinski definition) is 4. The van der Waals surface area contributed by atoms with Crippen LogP contribution in [0.4, 0.5) is 0 Å². The van der Waals surface area contributed by atoms with Crippen LogP contribution in [0.1, 0.15) is 57.7 Å². The molecule has 5 N–H and O–H groups in total. The largest absolute Gasteiger partial charge is 0.368 e. The number of carbonyl (C=O) groups is 3. The van der Waals surface area contributed by atoms with E-state index in [0.29, 0.717) is 25.2 Å². The standard InChI is InChI=1S/C15H27N7O3/c1-2-3-4-5-6-7-13(23)18-11(15(16)25)10-14(24)17-9-8-12-19-21-22-20-12/h11H,2-10H2,1H3,(H2,16,25)(H,17,24)(H,18,23)(H,19,20,21,22). The van der Waals surface area contributed by atoms with Crippen LogP contribution in [-0.4, -0.2) is 50.9 Å². The first kappa shape index (κ1) is 20.5. The van der Waals surface area contributed by atoms with Crippen molar-refractivity contribution in [2.75, 3.05) is 6.54 Å². The second-order valence-electron chi connectivity index (χ2n) is 5.82. The molecule has 1 atom stereocenters. The summed E-state index contributed by atoms with van der Waals surface area (Å²) >= 11 is 0. The lowest BCUT2D eigenvalue weighted by molar-refractivity contribution is -0.130. The molecule has 0 aliphatic carbocycles. The Balaban J connectivity index is 2.26. The molecule has 140 valence electrons. The van der Waals surface area contributed by atoms with Gasteiger partial charge in [-0.2, -0.15) is 5.21 Å². The van der Waals surface area contributed by atoms with E-state index in [0.717, 1.165) is 32.1 Å². The number of nitrogens with two attached hydrogens (primary N) is 1. The summed E-state index contributed by atoms with van der Waals surface area (Å²) in [6.07, 6.45) is 5.65. The third kappa shape index (κ3) is 9.38. The van der Waals surface area contributed by atoms with Crippen LogP contribution in [0.2, 0.25) is 0 Å². The zero-order valence-electron chi connectivity index (χ0n) is 14.6. The SMILES string of the molecule is CCCCCCCC(=O)NC(CC(=O)NCCc1nn[nH]n1)C(N)=O. The van der Waals surface area contributed by atoms with Crippen LogP contribution in [0.25, 0.3) is 0 Å². The van der Waals surface area contributed by atoms with Gasteiger partial charge in [0.2, 0.25) is 17.7 Å². The van der Waals surface area contributed by atoms with Gasteiger partial charge in [0.05, 0.1) is 6.42 Å². The lowest BCUT2D eigenvalue weighted by Gasteiger charge is -2.15. The molecule has 0 spiro atoms. The number of aromatic amines is 1. The molecular weight excluding hydrogens is 326 g/mol. The number of unbranched alkanes of at least 4 members (excludes halogenated alkanes) is 4. The fourth-order valence-corrected chi connectivity index (χ4v) is 2.24. The van der Waals surface area contributed by atoms with E-state index in [1.54, 1.807) is 0 Å². The minimum atomic E-state index is -1.01. The molecule has 0 radical (unpaired) electrons. The van der Waals surface area contributed by atoms with Crippen LogP contribution >= 0.6 is 0 Å². The number of tetrazole rings is 1. The molecule has 1 heterocycles. The van der Waals surface area contributed by atoms with E-state index in [9.17, 15) is 14.4 Å². The molecule has 0 aromatic carbocycles. The van der Waals surface area contributed by atoms with Gasteiger partial charge in [-0.25, -0.2) is 0 Å². The molecule has 0 fully saturated rings. The highest BCUT2D eigenvalue weighted by Crippen LogP contribution is 2.05. The molecule has 0 bridgehead atoms. The Bertz CT molecular complexity index is 533. The van der Waals surface area contributed by atoms with E-state index in [1.165, 1.54) is 0 Å². The Hall–Kier alpha value is -2.52. The Kier molecular flexibility index (Phi) is 9.79. The number of rotatable bonds is 13. The number of amides is 3. The molecule has 1 unspecified atom stereocenters. The lowest BCUT2D eigenvalue weighted by Crippen LogP contribution is -2.47. The summed E-state index contributed by atoms with van der Waals surface area (Å²) in [7, 11) is 0. The molecule has 0 aliphatic heterocycles. The summed E-state index contributed by atoms with van der Waals surface area (Å²) in [6, 6.07) is -1.01. The maximum atomic E-state index is 11.9. The third-order valence-corrected chi connectivity index (χ3v) is 3.64. The van der Waals surface area contributed by atoms with Crippen molar-refractivity contribution in [1.29, 1.82) is 0 Å². The zero-order valence-corrected chi connectivity index (χ0v) is 14.6. The average molecular weight is 353 g/mol. The van der Waals surface area contributed by atoms with Crippen LogP contribution in [0.15, 0.2) is 0 Å². The molecule has 1 aromatic heterocycles. The second-order valence-corrected chi connectivity index (χ2v) is 5.82. The number of primary amides is 1. The summed E-state index contributed by atoms with van der Waals surface area (Å²) in [4.78, 5) is 35.2. The van der Waals surface area contributed by atoms with E-state index in [-0.39, 0.29) is 18.2 Å². The quantitative estimate of drug-likeness (QED) is 0.353. The number of aromatic nitrogens is 4. The Morgan fingerprint density at radius 1 is 1.16 bits per heavy atom. The summed E-state index contributed by atoms with van der Waals surface area (Å²) in [5.74, 6) is -0.897. The van der Waals surface area contributed by atoms with Crippen molar-refractivity contribution in [3.8, 4) is 0 Å². The highest BCUT2D eigenvalue weighted by molar-refractivity contribution is 5.91. The van der Waals surface area contributed by atoms with Gasteiger partial charge >= 0.3 is 0 Å². The molecular formula is C15H27N7O3. The van der Waals surface area contributed by atoms with Gasteiger partial charge in [-0.3, -0.25) is 14.4 Å². The van der Waals surface area contributed by atoms with E-state index in [4.69, 9.17) is 5.73 Å². The first-order valence-electron chi connectivity index (χ1n) is 8.60. The van der Waals surface area contributed by atoms with Crippen LogP contribution < -0.4 is 16.4 Å². The summed E-state index contributed by atoms with van der Waals surface area (Å²) in [5, 5.41) is 18.4. The molecule has 3 amide bonds. The number of nitrogens with zero attached hydrogens (tertiary/aromatic N) is 3. The molecule has 0 saturated carbocycles. The van der Waals surface area contributed by atoms with E-state index in [2.05, 4.69) is 38.2 Å². The highest BCUT2D eigenvalue weighted by atomic mass is 16.2. The predicted octanol–water partition coefficient (Wildman–Crippen LogP) is -0.421. The smallest absolute Gasteiger partial charge is 0.240 e. The Labute approximate surface area is 146 Å². The van der Waals surface area contributed by atoms with E-state index in [1.807, 2.05) is 0 Å². The lowest BCUT2D eigenvalue weighted by atomic mass is 10.1. The molecule has 10 heteroatoms. The predicted molar refractivity (Wildman–Crippen MR) is 90.0 cm³/mol. The van der Waals surface area contributed by atoms with Crippen molar-refractivity contribution in [3.05, 3.63) is 5.82 Å². The molecule has 1 rings (SSSR count). The number of nitrogens with one attached hydrogen (secondary N) is 3.